The Morgan fingerprint density at radius 2 is 0.879 bits per heavy atom. The zero-order valence-corrected chi connectivity index (χ0v) is 71.9. The summed E-state index contributed by atoms with van der Waals surface area (Å²) in [5, 5.41) is 11.5. The van der Waals surface area contributed by atoms with E-state index in [4.69, 9.17) is 43.0 Å². The van der Waals surface area contributed by atoms with Crippen LogP contribution in [0.25, 0.3) is 0 Å². The number of hydrogen-bond donors (Lipinski definition) is 3. The Kier molecular flexibility index (Phi) is 46.8. The van der Waals surface area contributed by atoms with Gasteiger partial charge in [0.15, 0.2) is 17.1 Å². The molecule has 2 atom stereocenters. The summed E-state index contributed by atoms with van der Waals surface area (Å²) in [4.78, 5) is 48.3. The Balaban J connectivity index is 0. The van der Waals surface area contributed by atoms with Crippen molar-refractivity contribution in [3.63, 3.8) is 0 Å². The second-order valence-electron chi connectivity index (χ2n) is 23.7. The van der Waals surface area contributed by atoms with Gasteiger partial charge in [-0.1, -0.05) is 82.5 Å². The van der Waals surface area contributed by atoms with Crippen molar-refractivity contribution < 1.29 is 256 Å². The molecule has 0 saturated heterocycles. The van der Waals surface area contributed by atoms with Gasteiger partial charge < -0.3 is 24.8 Å². The molecule has 4 aromatic rings. The quantitative estimate of drug-likeness (QED) is 0.0153. The maximum Gasteiger partial charge on any atom is 1.00 e. The zero-order chi connectivity index (χ0) is 72.9. The van der Waals surface area contributed by atoms with Gasteiger partial charge in [-0.05, 0) is 51.3 Å². The zero-order valence-electron chi connectivity index (χ0n) is 58.5. The predicted molar refractivity (Wildman–Crippen MR) is 356 cm³/mol. The maximum absolute atomic E-state index is 12.2. The molecule has 3 aliphatic heterocycles. The number of anilines is 1. The Morgan fingerprint density at radius 3 is 1.22 bits per heavy atom. The van der Waals surface area contributed by atoms with Crippen LogP contribution in [-0.2, 0) is 87.5 Å². The molecule has 26 nitrogen and oxygen atoms in total. The molecule has 0 saturated carbocycles. The summed E-state index contributed by atoms with van der Waals surface area (Å²) in [5.74, 6) is -1.29. The normalized spacial score (nSPS) is 14.5. The number of carbonyl (C=O) groups excluding carboxylic acids is 3. The van der Waals surface area contributed by atoms with Gasteiger partial charge in [0.1, 0.15) is 36.7 Å². The molecule has 3 amide bonds. The van der Waals surface area contributed by atoms with E-state index in [9.17, 15) is 45.1 Å². The molecule has 4 aromatic carbocycles. The third-order valence-electron chi connectivity index (χ3n) is 16.2. The Labute approximate surface area is 714 Å². The van der Waals surface area contributed by atoms with Crippen LogP contribution in [0.1, 0.15) is 151 Å². The van der Waals surface area contributed by atoms with Crippen molar-refractivity contribution in [1.82, 2.24) is 10.6 Å². The fourth-order valence-corrected chi connectivity index (χ4v) is 11.0. The van der Waals surface area contributed by atoms with Gasteiger partial charge >= 0.3 is 192 Å². The standard InChI is InChI=1S/C30H37N3O5S.C19H28N2O4S.C16H21NO2.3K.3O3S/c1-23(39(36,37)38)22-31-29(35)19-11-13-21-33-27-17-9-8-16-26(27)30(3,4)28(33)18-10-12-20-32(24(2)34)25-14-6-5-7-15-25;1-14(26(23,24)25)13-20-18(22)11-7-8-12-21-15(2)19(3,4)16-9-5-6-10-17(16)21;1-12-16(2,3)13-8-4-5-9-14(13)17(12)11-7-6-10-15(18)19;;;;3*1-4(2)3/h5-7,9-10,12,14-18,20,23H,11,13,19,21-22H2,1-4H3,(H,31,35)(H,36,37,38);6,9-10,14H,7-8,11-13H2,1-4H3,(H,20,22)(H,23,24,25);5,8-9H,6-7,10-11H2,1-3H3,(H,18,19);;;;;;/q;;;3*+1;;;/p-2. The van der Waals surface area contributed by atoms with Gasteiger partial charge in [0.25, 0.3) is 0 Å². The summed E-state index contributed by atoms with van der Waals surface area (Å²) >= 11 is 0. The van der Waals surface area contributed by atoms with Crippen LogP contribution in [0, 0.1) is 18.2 Å². The molecule has 3 N–H and O–H groups in total. The van der Waals surface area contributed by atoms with Crippen molar-refractivity contribution >= 4 is 116 Å². The number of fused-ring (bicyclic) bond motifs is 3. The van der Waals surface area contributed by atoms with Crippen LogP contribution < -0.4 is 170 Å². The van der Waals surface area contributed by atoms with Gasteiger partial charge in [-0.25, -0.2) is 30.6 Å². The van der Waals surface area contributed by atoms with Crippen LogP contribution in [0.15, 0.2) is 109 Å². The summed E-state index contributed by atoms with van der Waals surface area (Å²) in [5.41, 5.74) is 11.5. The molecule has 2 unspecified atom stereocenters. The molecule has 7 rings (SSSR count). The van der Waals surface area contributed by atoms with Crippen LogP contribution in [0.5, 0.6) is 0 Å². The molecule has 0 fully saturated rings. The van der Waals surface area contributed by atoms with Gasteiger partial charge in [-0.15, -0.1) is 56.1 Å². The van der Waals surface area contributed by atoms with E-state index in [2.05, 4.69) is 122 Å². The van der Waals surface area contributed by atoms with Crippen molar-refractivity contribution in [3.05, 3.63) is 144 Å². The van der Waals surface area contributed by atoms with E-state index in [1.165, 1.54) is 54.7 Å². The van der Waals surface area contributed by atoms with E-state index in [-0.39, 0.29) is 214 Å². The molecule has 99 heavy (non-hydrogen) atoms. The van der Waals surface area contributed by atoms with Crippen molar-refractivity contribution in [1.29, 1.82) is 0 Å². The minimum atomic E-state index is -4.42. The number of carboxylic acids is 1. The number of nitrogens with one attached hydrogen (secondary N) is 2. The summed E-state index contributed by atoms with van der Waals surface area (Å²) < 4.78 is 148. The topological polar surface area (TPSA) is 393 Å². The van der Waals surface area contributed by atoms with E-state index >= 15 is 0 Å². The largest absolute Gasteiger partial charge is 1.00 e. The van der Waals surface area contributed by atoms with E-state index in [0.717, 1.165) is 61.4 Å². The molecule has 0 radical (unpaired) electrons. The monoisotopic (exact) mass is 1550 g/mol. The maximum atomic E-state index is 12.2. The summed E-state index contributed by atoms with van der Waals surface area (Å²) in [6.45, 7) is 23.7. The minimum Gasteiger partial charge on any atom is -0.748 e. The fraction of sp³-hybridized carbons (Fsp3) is 0.462. The van der Waals surface area contributed by atoms with Gasteiger partial charge in [0, 0.05) is 107 Å². The molecule has 526 valence electrons. The summed E-state index contributed by atoms with van der Waals surface area (Å²) in [7, 11) is -18.1. The number of para-hydroxylation sites is 1. The first kappa shape index (κ1) is 97.9. The van der Waals surface area contributed by atoms with E-state index in [1.54, 1.807) is 11.1 Å². The molecular formula is C65H84K3N6O20S5+. The minimum absolute atomic E-state index is 0. The second kappa shape index (κ2) is 47.3. The van der Waals surface area contributed by atoms with E-state index in [1.807, 2.05) is 78.9 Å². The molecular weight excluding hydrogens is 1460 g/mol. The predicted octanol–water partition coefficient (Wildman–Crippen LogP) is -2.55. The number of carboxylic acid groups (broad SMARTS) is 1. The van der Waals surface area contributed by atoms with Crippen LogP contribution in [-0.4, -0.2) is 167 Å². The number of hydrogen-bond acceptors (Lipinski definition) is 19. The van der Waals surface area contributed by atoms with Gasteiger partial charge in [-0.3, -0.25) is 24.1 Å². The Morgan fingerprint density at radius 1 is 0.545 bits per heavy atom. The fourth-order valence-electron chi connectivity index (χ4n) is 10.4. The number of rotatable bonds is 25. The van der Waals surface area contributed by atoms with Crippen molar-refractivity contribution in [3.8, 4) is 0 Å². The number of nitrogens with zero attached hydrogens (tertiary/aromatic N) is 4. The number of unbranched alkanes of at least 4 members (excludes halogenated alkanes) is 3. The second-order valence-corrected chi connectivity index (χ2v) is 28.5. The molecule has 3 aliphatic rings. The van der Waals surface area contributed by atoms with Gasteiger partial charge in [0.05, 0.1) is 30.7 Å². The van der Waals surface area contributed by atoms with Crippen LogP contribution in [0.3, 0.4) is 0 Å². The number of amides is 3. The van der Waals surface area contributed by atoms with Crippen LogP contribution in [0.4, 0.5) is 22.7 Å². The number of aliphatic carboxylic acids is 1. The van der Waals surface area contributed by atoms with Crippen molar-refractivity contribution in [2.45, 2.75) is 161 Å². The van der Waals surface area contributed by atoms with Crippen molar-refractivity contribution in [2.24, 2.45) is 0 Å². The molecule has 3 heterocycles. The number of benzene rings is 4. The number of allylic oxidation sites excluding steroid dienone is 3. The van der Waals surface area contributed by atoms with Gasteiger partial charge in [-0.2, -0.15) is 54.6 Å². The van der Waals surface area contributed by atoms with Crippen molar-refractivity contribution in [2.75, 3.05) is 37.6 Å². The first-order valence-corrected chi connectivity index (χ1v) is 36.1. The molecule has 0 aromatic heterocycles. The average Bonchev–Trinajstić information content (AvgIpc) is 1.62. The van der Waals surface area contributed by atoms with Crippen LogP contribution in [0.2, 0.25) is 0 Å². The molecule has 34 heteroatoms. The molecule has 0 spiro atoms. The molecule has 0 bridgehead atoms. The van der Waals surface area contributed by atoms with E-state index < -0.39 is 68.5 Å². The smallest absolute Gasteiger partial charge is 0.748 e. The third kappa shape index (κ3) is 33.7. The molecule has 0 aliphatic carbocycles. The third-order valence-corrected chi connectivity index (χ3v) is 18.5. The van der Waals surface area contributed by atoms with E-state index in [0.29, 0.717) is 25.8 Å². The average molecular weight is 1550 g/mol. The number of carbonyl (C=O) groups is 4. The van der Waals surface area contributed by atoms with Gasteiger partial charge in [0.2, 0.25) is 17.7 Å². The van der Waals surface area contributed by atoms with Crippen LogP contribution >= 0.6 is 0 Å². The summed E-state index contributed by atoms with van der Waals surface area (Å²) in [6, 6.07) is 37.0. The first-order valence-electron chi connectivity index (χ1n) is 30.2. The SMILES string of the molecule is CC(=O)N(/C=C/C=C/C1=[N+](CCCCC(=O)NCC(C)S(=O)(=O)[O-])c2cc[c-]cc2C1(C)C)c1ccccc1.CC1=[N+](CCCCC(=O)NCC(C)S(=O)(=O)[O-])c2cc[c-]cc2C1(C)C.CC1=[N+](CCCCC(=O)O)c2cc[c-]cc2C1(C)C.O=S(=O)=O.O=S(=O)=O.O=S(=O)=O.[K+].[K+].[K+]. The Hall–Kier alpha value is -3.16. The first-order chi connectivity index (χ1) is 44.6. The summed E-state index contributed by atoms with van der Waals surface area (Å²) in [6.07, 6.45) is 12.9. The Bertz CT molecular complexity index is 4090.